The van der Waals surface area contributed by atoms with Gasteiger partial charge in [0, 0.05) is 17.3 Å². The van der Waals surface area contributed by atoms with E-state index in [1.54, 1.807) is 12.1 Å². The predicted octanol–water partition coefficient (Wildman–Crippen LogP) is 0.403. The number of anilines is 1. The molecule has 0 atom stereocenters. The topological polar surface area (TPSA) is 64.0 Å². The Hall–Kier alpha value is -3.03. The van der Waals surface area contributed by atoms with Crippen molar-refractivity contribution in [3.05, 3.63) is 72.2 Å². The molecule has 150 valence electrons. The summed E-state index contributed by atoms with van der Waals surface area (Å²) in [6, 6.07) is 17.9. The number of carbonyl (C=O) groups is 1. The SMILES string of the molecule is O=C(C[NH+]1CC[NH+](Cc2cc(-c3ccccc3)on2)CC1)Nc1cccc(F)c1. The van der Waals surface area contributed by atoms with E-state index in [4.69, 9.17) is 4.52 Å². The quantitative estimate of drug-likeness (QED) is 0.565. The monoisotopic (exact) mass is 396 g/mol. The zero-order valence-corrected chi connectivity index (χ0v) is 16.2. The number of hydrogen-bond donors (Lipinski definition) is 3. The number of halogens is 1. The summed E-state index contributed by atoms with van der Waals surface area (Å²) < 4.78 is 18.7. The third-order valence-corrected chi connectivity index (χ3v) is 5.23. The van der Waals surface area contributed by atoms with Gasteiger partial charge in [-0.25, -0.2) is 4.39 Å². The molecule has 3 aromatic rings. The Morgan fingerprint density at radius 2 is 1.76 bits per heavy atom. The fourth-order valence-corrected chi connectivity index (χ4v) is 3.70. The molecule has 1 aliphatic rings. The number of quaternary nitrogens is 2. The first kappa shape index (κ1) is 19.3. The summed E-state index contributed by atoms with van der Waals surface area (Å²) in [5.74, 6) is 0.354. The second kappa shape index (κ2) is 8.98. The Morgan fingerprint density at radius 1 is 1.00 bits per heavy atom. The number of carbonyl (C=O) groups excluding carboxylic acids is 1. The van der Waals surface area contributed by atoms with Crippen LogP contribution in [0.15, 0.2) is 65.2 Å². The highest BCUT2D eigenvalue weighted by molar-refractivity contribution is 5.91. The molecule has 1 aromatic heterocycles. The summed E-state index contributed by atoms with van der Waals surface area (Å²) in [6.45, 7) is 4.97. The standard InChI is InChI=1S/C22H23FN4O2/c23-18-7-4-8-19(13-18)24-22(28)16-27-11-9-26(10-12-27)15-20-14-21(29-25-20)17-5-2-1-3-6-17/h1-8,13-14H,9-12,15-16H2,(H,24,28)/p+2. The number of piperazine rings is 1. The van der Waals surface area contributed by atoms with Gasteiger partial charge < -0.3 is 19.6 Å². The second-order valence-corrected chi connectivity index (χ2v) is 7.46. The Kier molecular flexibility index (Phi) is 5.97. The lowest BCUT2D eigenvalue weighted by Crippen LogP contribution is -3.28. The van der Waals surface area contributed by atoms with Crippen molar-refractivity contribution < 1.29 is 23.5 Å². The molecule has 29 heavy (non-hydrogen) atoms. The van der Waals surface area contributed by atoms with E-state index in [-0.39, 0.29) is 11.7 Å². The Labute approximate surface area is 168 Å². The third kappa shape index (κ3) is 5.28. The molecule has 1 amide bonds. The van der Waals surface area contributed by atoms with Gasteiger partial charge in [0.25, 0.3) is 5.91 Å². The van der Waals surface area contributed by atoms with Crippen LogP contribution >= 0.6 is 0 Å². The Morgan fingerprint density at radius 3 is 2.52 bits per heavy atom. The molecule has 4 rings (SSSR count). The number of amides is 1. The van der Waals surface area contributed by atoms with E-state index in [0.29, 0.717) is 12.2 Å². The molecule has 1 fully saturated rings. The number of nitrogens with zero attached hydrogens (tertiary/aromatic N) is 1. The summed E-state index contributed by atoms with van der Waals surface area (Å²) in [4.78, 5) is 14.9. The number of rotatable bonds is 6. The van der Waals surface area contributed by atoms with E-state index < -0.39 is 0 Å². The fraction of sp³-hybridized carbons (Fsp3) is 0.273. The highest BCUT2D eigenvalue weighted by Crippen LogP contribution is 2.19. The molecule has 0 radical (unpaired) electrons. The van der Waals surface area contributed by atoms with E-state index >= 15 is 0 Å². The number of benzene rings is 2. The minimum Gasteiger partial charge on any atom is -0.356 e. The number of hydrogen-bond acceptors (Lipinski definition) is 3. The van der Waals surface area contributed by atoms with Crippen molar-refractivity contribution in [2.45, 2.75) is 6.54 Å². The molecule has 2 heterocycles. The van der Waals surface area contributed by atoms with Gasteiger partial charge in [0.05, 0.1) is 0 Å². The van der Waals surface area contributed by atoms with E-state index in [2.05, 4.69) is 10.5 Å². The first-order chi connectivity index (χ1) is 14.2. The van der Waals surface area contributed by atoms with Crippen LogP contribution in [0.4, 0.5) is 10.1 Å². The third-order valence-electron chi connectivity index (χ3n) is 5.23. The zero-order valence-electron chi connectivity index (χ0n) is 16.2. The molecular weight excluding hydrogens is 371 g/mol. The van der Waals surface area contributed by atoms with Gasteiger partial charge in [-0.2, -0.15) is 0 Å². The summed E-state index contributed by atoms with van der Waals surface area (Å²) in [5.41, 5.74) is 2.48. The Balaban J connectivity index is 1.23. The van der Waals surface area contributed by atoms with Gasteiger partial charge in [-0.15, -0.1) is 0 Å². The molecule has 3 N–H and O–H groups in total. The lowest BCUT2D eigenvalue weighted by atomic mass is 10.1. The normalized spacial score (nSPS) is 19.1. The fourth-order valence-electron chi connectivity index (χ4n) is 3.70. The van der Waals surface area contributed by atoms with Crippen molar-refractivity contribution in [3.8, 4) is 11.3 Å². The molecule has 0 aliphatic carbocycles. The smallest absolute Gasteiger partial charge is 0.279 e. The van der Waals surface area contributed by atoms with Crippen LogP contribution in [-0.2, 0) is 11.3 Å². The van der Waals surface area contributed by atoms with Crippen molar-refractivity contribution in [3.63, 3.8) is 0 Å². The van der Waals surface area contributed by atoms with Gasteiger partial charge in [-0.3, -0.25) is 4.79 Å². The van der Waals surface area contributed by atoms with Crippen LogP contribution in [0.2, 0.25) is 0 Å². The first-order valence-corrected chi connectivity index (χ1v) is 9.89. The van der Waals surface area contributed by atoms with Crippen LogP contribution in [0.3, 0.4) is 0 Å². The van der Waals surface area contributed by atoms with Gasteiger partial charge >= 0.3 is 0 Å². The largest absolute Gasteiger partial charge is 0.356 e. The van der Waals surface area contributed by atoms with Gasteiger partial charge in [-0.05, 0) is 18.2 Å². The number of aromatic nitrogens is 1. The van der Waals surface area contributed by atoms with Gasteiger partial charge in [0.1, 0.15) is 44.2 Å². The second-order valence-electron chi connectivity index (χ2n) is 7.46. The molecule has 6 nitrogen and oxygen atoms in total. The van der Waals surface area contributed by atoms with Crippen LogP contribution in [-0.4, -0.2) is 43.8 Å². The minimum atomic E-state index is -0.351. The summed E-state index contributed by atoms with van der Waals surface area (Å²) >= 11 is 0. The maximum Gasteiger partial charge on any atom is 0.279 e. The van der Waals surface area contributed by atoms with Crippen LogP contribution in [0.25, 0.3) is 11.3 Å². The molecule has 0 spiro atoms. The van der Waals surface area contributed by atoms with Gasteiger partial charge in [0.2, 0.25) is 0 Å². The zero-order chi connectivity index (χ0) is 20.1. The molecule has 0 bridgehead atoms. The molecule has 1 saturated heterocycles. The molecule has 0 saturated carbocycles. The summed E-state index contributed by atoms with van der Waals surface area (Å²) in [7, 11) is 0. The Bertz CT molecular complexity index is 952. The van der Waals surface area contributed by atoms with E-state index in [1.807, 2.05) is 36.4 Å². The lowest BCUT2D eigenvalue weighted by Gasteiger charge is -2.28. The maximum atomic E-state index is 13.2. The summed E-state index contributed by atoms with van der Waals surface area (Å²) in [5, 5.41) is 6.98. The van der Waals surface area contributed by atoms with Crippen molar-refractivity contribution in [1.29, 1.82) is 0 Å². The lowest BCUT2D eigenvalue weighted by molar-refractivity contribution is -1.02. The van der Waals surface area contributed by atoms with Crippen LogP contribution in [0, 0.1) is 5.82 Å². The number of nitrogens with one attached hydrogen (secondary N) is 3. The van der Waals surface area contributed by atoms with Crippen LogP contribution < -0.4 is 15.1 Å². The van der Waals surface area contributed by atoms with E-state index in [0.717, 1.165) is 49.7 Å². The average molecular weight is 396 g/mol. The molecular formula is C22H25FN4O2+2. The summed E-state index contributed by atoms with van der Waals surface area (Å²) in [6.07, 6.45) is 0. The van der Waals surface area contributed by atoms with Crippen molar-refractivity contribution in [2.75, 3.05) is 38.0 Å². The van der Waals surface area contributed by atoms with Crippen molar-refractivity contribution in [2.24, 2.45) is 0 Å². The predicted molar refractivity (Wildman–Crippen MR) is 107 cm³/mol. The van der Waals surface area contributed by atoms with E-state index in [9.17, 15) is 9.18 Å². The first-order valence-electron chi connectivity index (χ1n) is 9.89. The van der Waals surface area contributed by atoms with Crippen molar-refractivity contribution >= 4 is 11.6 Å². The maximum absolute atomic E-state index is 13.2. The average Bonchev–Trinajstić information content (AvgIpc) is 3.19. The minimum absolute atomic E-state index is 0.0851. The van der Waals surface area contributed by atoms with Gasteiger partial charge in [0.15, 0.2) is 12.3 Å². The molecule has 1 aliphatic heterocycles. The van der Waals surface area contributed by atoms with Crippen molar-refractivity contribution in [1.82, 2.24) is 5.16 Å². The van der Waals surface area contributed by atoms with E-state index in [1.165, 1.54) is 21.9 Å². The highest BCUT2D eigenvalue weighted by Gasteiger charge is 2.25. The molecule has 0 unspecified atom stereocenters. The highest BCUT2D eigenvalue weighted by atomic mass is 19.1. The molecule has 2 aromatic carbocycles. The van der Waals surface area contributed by atoms with Crippen LogP contribution in [0.1, 0.15) is 5.69 Å². The molecule has 7 heteroatoms. The van der Waals surface area contributed by atoms with Crippen LogP contribution in [0.5, 0.6) is 0 Å². The van der Waals surface area contributed by atoms with Gasteiger partial charge in [-0.1, -0.05) is 41.6 Å².